The van der Waals surface area contributed by atoms with Crippen molar-refractivity contribution < 1.29 is 59.5 Å². The molecule has 8 nitrogen and oxygen atoms in total. The zero-order chi connectivity index (χ0) is 26.5. The van der Waals surface area contributed by atoms with Crippen LogP contribution in [-0.2, 0) is 44.7 Å². The first-order valence-electron chi connectivity index (χ1n) is 9.11. The van der Waals surface area contributed by atoms with Crippen molar-refractivity contribution in [1.82, 2.24) is 0 Å². The average molecular weight is 635 g/mol. The topological polar surface area (TPSA) is 126 Å². The number of hydrogen-bond acceptors (Lipinski definition) is 7. The molecule has 0 fully saturated rings. The first kappa shape index (κ1) is 35.4. The van der Waals surface area contributed by atoms with E-state index in [1.54, 1.807) is 36.4 Å². The molecule has 0 saturated heterocycles. The first-order chi connectivity index (χ1) is 15.6. The number of rotatable bonds is 1. The summed E-state index contributed by atoms with van der Waals surface area (Å²) in [5, 5.41) is 44.4. The fraction of sp³-hybridized carbons (Fsp3) is 0.190. The van der Waals surface area contributed by atoms with Crippen LogP contribution in [0.15, 0.2) is 83.1 Å². The maximum Gasteiger partial charge on any atom is 2.00 e. The van der Waals surface area contributed by atoms with Crippen molar-refractivity contribution in [2.75, 3.05) is 0 Å². The van der Waals surface area contributed by atoms with Crippen LogP contribution in [0.2, 0.25) is 0 Å². The number of pyridine rings is 2. The Morgan fingerprint density at radius 1 is 0.829 bits per heavy atom. The normalized spacial score (nSPS) is 10.0. The van der Waals surface area contributed by atoms with Gasteiger partial charge < -0.3 is 40.6 Å². The molecule has 3 aromatic rings. The Kier molecular flexibility index (Phi) is 17.1. The van der Waals surface area contributed by atoms with Crippen molar-refractivity contribution in [3.63, 3.8) is 0 Å². The van der Waals surface area contributed by atoms with Crippen LogP contribution in [0.4, 0.5) is 0 Å². The number of alkyl halides is 3. The third-order valence-corrected chi connectivity index (χ3v) is 5.45. The van der Waals surface area contributed by atoms with Crippen molar-refractivity contribution in [2.24, 2.45) is 0 Å². The van der Waals surface area contributed by atoms with Crippen LogP contribution in [0, 0.1) is 0 Å². The van der Waals surface area contributed by atoms with Crippen LogP contribution >= 0.6 is 34.8 Å². The van der Waals surface area contributed by atoms with Gasteiger partial charge in [0.05, 0.1) is 5.56 Å². The molecule has 0 aliphatic heterocycles. The Labute approximate surface area is 241 Å². The largest absolute Gasteiger partial charge is 2.00 e. The van der Waals surface area contributed by atoms with Gasteiger partial charge in [0, 0.05) is 12.1 Å². The third kappa shape index (κ3) is 15.8. The molecule has 35 heavy (non-hydrogen) atoms. The van der Waals surface area contributed by atoms with Gasteiger partial charge in [0.2, 0.25) is 16.2 Å². The van der Waals surface area contributed by atoms with Gasteiger partial charge in [0.15, 0.2) is 0 Å². The summed E-state index contributed by atoms with van der Waals surface area (Å²) in [6.45, 7) is 2.86. The molecular formula is C21H23Cl3N2O6S2Zn+2. The summed E-state index contributed by atoms with van der Waals surface area (Å²) in [6.07, 6.45) is 2.98. The molecule has 0 unspecified atom stereocenters. The van der Waals surface area contributed by atoms with Gasteiger partial charge in [-0.1, -0.05) is 46.9 Å². The molecule has 0 amide bonds. The molecular weight excluding hydrogens is 612 g/mol. The van der Waals surface area contributed by atoms with E-state index in [1.165, 1.54) is 50.5 Å². The number of benzene rings is 1. The molecule has 0 bridgehead atoms. The molecule has 0 aliphatic carbocycles. The van der Waals surface area contributed by atoms with E-state index < -0.39 is 15.4 Å². The molecule has 186 valence electrons. The Morgan fingerprint density at radius 3 is 1.37 bits per heavy atom. The van der Waals surface area contributed by atoms with Crippen LogP contribution in [0.5, 0.6) is 5.75 Å². The van der Waals surface area contributed by atoms with Gasteiger partial charge in [-0.15, -0.1) is 0 Å². The Balaban J connectivity index is 0. The average Bonchev–Trinajstić information content (AvgIpc) is 2.73. The summed E-state index contributed by atoms with van der Waals surface area (Å²) in [5.74, 6) is -0.912. The predicted octanol–water partition coefficient (Wildman–Crippen LogP) is 3.45. The van der Waals surface area contributed by atoms with Crippen LogP contribution < -0.4 is 9.46 Å². The van der Waals surface area contributed by atoms with Gasteiger partial charge >= 0.3 is 25.4 Å². The number of aromatic carboxylic acids is 1. The maximum absolute atomic E-state index is 10.2. The molecule has 3 rings (SSSR count). The van der Waals surface area contributed by atoms with Gasteiger partial charge in [-0.2, -0.15) is 0 Å². The van der Waals surface area contributed by atoms with Crippen LogP contribution in [0.3, 0.4) is 0 Å². The maximum atomic E-state index is 10.2. The summed E-state index contributed by atoms with van der Waals surface area (Å²) >= 11 is 25.2. The Morgan fingerprint density at radius 2 is 1.17 bits per heavy atom. The fourth-order valence-corrected chi connectivity index (χ4v) is 1.72. The quantitative estimate of drug-likeness (QED) is 0.0906. The summed E-state index contributed by atoms with van der Waals surface area (Å²) in [6, 6.07) is 15.6. The molecule has 5 N–H and O–H groups in total. The van der Waals surface area contributed by atoms with Crippen molar-refractivity contribution in [1.29, 1.82) is 0 Å². The summed E-state index contributed by atoms with van der Waals surface area (Å²) in [5.41, 5.74) is -1.09. The molecule has 14 heteroatoms. The van der Waals surface area contributed by atoms with Crippen molar-refractivity contribution >= 4 is 66.0 Å². The van der Waals surface area contributed by atoms with Crippen molar-refractivity contribution in [2.45, 2.75) is 33.3 Å². The van der Waals surface area contributed by atoms with E-state index in [9.17, 15) is 4.79 Å². The molecule has 2 aromatic heterocycles. The molecule has 0 radical (unpaired) electrons. The molecule has 0 spiro atoms. The van der Waals surface area contributed by atoms with E-state index in [4.69, 9.17) is 60.5 Å². The van der Waals surface area contributed by atoms with E-state index >= 15 is 0 Å². The number of hydrogen-bond donors (Lipinski definition) is 5. The van der Waals surface area contributed by atoms with E-state index in [0.717, 1.165) is 9.46 Å². The van der Waals surface area contributed by atoms with E-state index in [-0.39, 0.29) is 30.8 Å². The Bertz CT molecular complexity index is 939. The minimum absolute atomic E-state index is 0. The zero-order valence-electron chi connectivity index (χ0n) is 18.6. The number of halogens is 3. The molecule has 0 atom stereocenters. The second-order valence-corrected chi connectivity index (χ2v) is 9.79. The number of phenols is 1. The minimum atomic E-state index is -1.59. The smallest absolute Gasteiger partial charge is 0.705 e. The second-order valence-electron chi connectivity index (χ2n) is 6.68. The van der Waals surface area contributed by atoms with E-state index in [1.807, 2.05) is 0 Å². The Hall–Kier alpha value is -1.72. The number of nitrogens with zero attached hydrogens (tertiary/aromatic N) is 2. The molecule has 0 saturated carbocycles. The SMILES string of the molecule is CC(C)(O)C(Cl)(Cl)Cl.O=C(O)c1ccc(O)cc1.O[n+]1ccccc1[S-].O[n+]1ccccc1[S-].[Zn+2]. The van der Waals surface area contributed by atoms with Gasteiger partial charge in [0.25, 0.3) is 0 Å². The summed E-state index contributed by atoms with van der Waals surface area (Å²) < 4.78 is 0.206. The second kappa shape index (κ2) is 16.9. The van der Waals surface area contributed by atoms with Crippen LogP contribution in [0.25, 0.3) is 0 Å². The number of phenolic OH excluding ortho intramolecular Hbond substituents is 1. The third-order valence-electron chi connectivity index (χ3n) is 3.41. The van der Waals surface area contributed by atoms with Crippen LogP contribution in [-0.4, -0.2) is 41.1 Å². The molecule has 0 aliphatic rings. The number of carboxylic acids is 1. The van der Waals surface area contributed by atoms with Gasteiger partial charge in [0.1, 0.15) is 21.4 Å². The number of aromatic nitrogens is 2. The standard InChI is InChI=1S/C7H6O3.2C5H5NOS.C4H7Cl3O.Zn/c8-6-3-1-5(2-4-6)7(9)10;2*7-6-4-2-1-3-5(6)8;1-3(2,8)4(5,6)7;/h1-4,8H,(H,9,10);2*1-4,7H;8H,1-2H3;/q;;;;+2. The first-order valence-corrected chi connectivity index (χ1v) is 11.1. The summed E-state index contributed by atoms with van der Waals surface area (Å²) in [7, 11) is 0. The van der Waals surface area contributed by atoms with Gasteiger partial charge in [-0.3, -0.25) is 10.4 Å². The number of aromatic hydroxyl groups is 1. The van der Waals surface area contributed by atoms with Gasteiger partial charge in [-0.25, -0.2) is 4.79 Å². The zero-order valence-corrected chi connectivity index (χ0v) is 25.5. The number of carbonyl (C=O) groups is 1. The van der Waals surface area contributed by atoms with E-state index in [2.05, 4.69) is 25.3 Å². The number of carboxylic acid groups (broad SMARTS) is 1. The minimum Gasteiger partial charge on any atom is -0.705 e. The number of aliphatic hydroxyl groups is 1. The molecule has 2 heterocycles. The van der Waals surface area contributed by atoms with E-state index in [0.29, 0.717) is 10.1 Å². The van der Waals surface area contributed by atoms with Crippen molar-refractivity contribution in [3.05, 3.63) is 78.6 Å². The fourth-order valence-electron chi connectivity index (χ4n) is 1.44. The van der Waals surface area contributed by atoms with Crippen molar-refractivity contribution in [3.8, 4) is 5.75 Å². The predicted molar refractivity (Wildman–Crippen MR) is 131 cm³/mol. The van der Waals surface area contributed by atoms with Gasteiger partial charge in [-0.05, 0) is 59.7 Å². The monoisotopic (exact) mass is 632 g/mol. The summed E-state index contributed by atoms with van der Waals surface area (Å²) in [4.78, 5) is 10.2. The van der Waals surface area contributed by atoms with Crippen LogP contribution in [0.1, 0.15) is 24.2 Å². The molecule has 1 aromatic carbocycles.